The summed E-state index contributed by atoms with van der Waals surface area (Å²) in [5.41, 5.74) is 6.43. The second-order valence-corrected chi connectivity index (χ2v) is 10.8. The van der Waals surface area contributed by atoms with Crippen LogP contribution < -0.4 is 21.7 Å². The van der Waals surface area contributed by atoms with Crippen LogP contribution in [0.25, 0.3) is 0 Å². The Morgan fingerprint density at radius 2 is 1.82 bits per heavy atom. The van der Waals surface area contributed by atoms with Gasteiger partial charge in [-0.2, -0.15) is 5.10 Å². The van der Waals surface area contributed by atoms with E-state index in [1.807, 2.05) is 49.4 Å². The first-order valence-electron chi connectivity index (χ1n) is 13.6. The van der Waals surface area contributed by atoms with Gasteiger partial charge >= 0.3 is 0 Å². The minimum Gasteiger partial charge on any atom is -0.394 e. The quantitative estimate of drug-likeness (QED) is 0.264. The number of aromatic nitrogens is 2. The number of hydrogen-bond donors (Lipinski definition) is 5. The fraction of sp³-hybridized carbons (Fsp3) is 0.400. The molecule has 3 amide bonds. The van der Waals surface area contributed by atoms with Crippen LogP contribution in [-0.2, 0) is 27.1 Å². The second-order valence-electron chi connectivity index (χ2n) is 10.8. The van der Waals surface area contributed by atoms with Gasteiger partial charge in [-0.3, -0.25) is 14.4 Å². The smallest absolute Gasteiger partial charge is 0.257 e. The van der Waals surface area contributed by atoms with Crippen LogP contribution >= 0.6 is 0 Å². The maximum Gasteiger partial charge on any atom is 0.257 e. The van der Waals surface area contributed by atoms with Crippen molar-refractivity contribution in [2.45, 2.75) is 70.1 Å². The van der Waals surface area contributed by atoms with E-state index in [9.17, 15) is 19.5 Å². The number of anilines is 1. The molecule has 10 heteroatoms. The molecule has 0 spiro atoms. The normalized spacial score (nSPS) is 18.0. The number of aryl methyl sites for hydroxylation is 1. The molecule has 0 radical (unpaired) electrons. The summed E-state index contributed by atoms with van der Waals surface area (Å²) < 4.78 is 1.81. The van der Waals surface area contributed by atoms with Gasteiger partial charge in [0, 0.05) is 0 Å². The fourth-order valence-corrected chi connectivity index (χ4v) is 5.29. The van der Waals surface area contributed by atoms with Crippen molar-refractivity contribution in [1.29, 1.82) is 0 Å². The monoisotopic (exact) mass is 546 g/mol. The van der Waals surface area contributed by atoms with E-state index in [1.54, 1.807) is 23.7 Å². The zero-order chi connectivity index (χ0) is 29.1. The highest BCUT2D eigenvalue weighted by atomic mass is 16.3. The van der Waals surface area contributed by atoms with E-state index in [4.69, 9.17) is 5.73 Å². The standard InChI is InChI=1S/C30H38N6O4/c1-5-19-12-14-21(15-13-19)30(6-2,28(40)34-24(18-37)25(31)38)35-27(39)22-17-32-36-26(22)33-23(16-29(36,3)4)20-10-8-7-9-11-20/h7-15,17,23-24,33,37H,5-6,16,18H2,1-4H3,(H2,31,38)(H,34,40)(H,35,39)/t23-,24+,30?/m1/s1. The predicted molar refractivity (Wildman–Crippen MR) is 152 cm³/mol. The van der Waals surface area contributed by atoms with E-state index >= 15 is 0 Å². The summed E-state index contributed by atoms with van der Waals surface area (Å²) in [7, 11) is 0. The molecule has 0 bridgehead atoms. The maximum atomic E-state index is 14.0. The molecule has 0 fully saturated rings. The van der Waals surface area contributed by atoms with E-state index < -0.39 is 35.9 Å². The number of fused-ring (bicyclic) bond motifs is 1. The van der Waals surface area contributed by atoms with Crippen molar-refractivity contribution in [3.05, 3.63) is 83.0 Å². The molecule has 3 atom stereocenters. The van der Waals surface area contributed by atoms with Crippen molar-refractivity contribution in [3.63, 3.8) is 0 Å². The zero-order valence-electron chi connectivity index (χ0n) is 23.4. The van der Waals surface area contributed by atoms with Crippen LogP contribution in [0, 0.1) is 0 Å². The first kappa shape index (κ1) is 28.8. The number of rotatable bonds is 10. The summed E-state index contributed by atoms with van der Waals surface area (Å²) in [5, 5.41) is 23.1. The van der Waals surface area contributed by atoms with Gasteiger partial charge in [0.2, 0.25) is 5.91 Å². The lowest BCUT2D eigenvalue weighted by molar-refractivity contribution is -0.132. The van der Waals surface area contributed by atoms with E-state index in [0.717, 1.165) is 24.0 Å². The molecule has 2 aromatic carbocycles. The van der Waals surface area contributed by atoms with Gasteiger partial charge < -0.3 is 26.8 Å². The molecule has 40 heavy (non-hydrogen) atoms. The Morgan fingerprint density at radius 3 is 2.40 bits per heavy atom. The van der Waals surface area contributed by atoms with Crippen LogP contribution in [-0.4, -0.2) is 45.3 Å². The molecular formula is C30H38N6O4. The molecule has 1 aliphatic heterocycles. The van der Waals surface area contributed by atoms with Crippen molar-refractivity contribution in [2.75, 3.05) is 11.9 Å². The molecule has 0 saturated carbocycles. The van der Waals surface area contributed by atoms with Gasteiger partial charge in [0.05, 0.1) is 24.4 Å². The van der Waals surface area contributed by atoms with Crippen molar-refractivity contribution in [3.8, 4) is 0 Å². The first-order chi connectivity index (χ1) is 19.1. The highest BCUT2D eigenvalue weighted by molar-refractivity contribution is 6.03. The molecular weight excluding hydrogens is 508 g/mol. The number of nitrogens with one attached hydrogen (secondary N) is 3. The van der Waals surface area contributed by atoms with Crippen molar-refractivity contribution < 1.29 is 19.5 Å². The lowest BCUT2D eigenvalue weighted by atomic mass is 9.84. The van der Waals surface area contributed by atoms with Crippen LogP contribution in [0.5, 0.6) is 0 Å². The molecule has 0 saturated heterocycles. The molecule has 1 aliphatic rings. The predicted octanol–water partition coefficient (Wildman–Crippen LogP) is 2.74. The number of nitrogens with zero attached hydrogens (tertiary/aromatic N) is 2. The van der Waals surface area contributed by atoms with Gasteiger partial charge in [-0.05, 0) is 49.8 Å². The summed E-state index contributed by atoms with van der Waals surface area (Å²) >= 11 is 0. The minimum atomic E-state index is -1.55. The molecule has 212 valence electrons. The Morgan fingerprint density at radius 1 is 1.15 bits per heavy atom. The molecule has 6 N–H and O–H groups in total. The van der Waals surface area contributed by atoms with Gasteiger partial charge in [-0.25, -0.2) is 4.68 Å². The van der Waals surface area contributed by atoms with Gasteiger partial charge in [-0.15, -0.1) is 0 Å². The highest BCUT2D eigenvalue weighted by Gasteiger charge is 2.43. The van der Waals surface area contributed by atoms with Crippen LogP contribution in [0.4, 0.5) is 5.82 Å². The molecule has 10 nitrogen and oxygen atoms in total. The summed E-state index contributed by atoms with van der Waals surface area (Å²) in [6.07, 6.45) is 3.24. The Hall–Kier alpha value is -4.18. The average Bonchev–Trinajstić information content (AvgIpc) is 3.40. The number of primary amides is 1. The highest BCUT2D eigenvalue weighted by Crippen LogP contribution is 2.40. The lowest BCUT2D eigenvalue weighted by Crippen LogP contribution is -2.60. The summed E-state index contributed by atoms with van der Waals surface area (Å²) in [4.78, 5) is 39.6. The molecule has 2 heterocycles. The zero-order valence-corrected chi connectivity index (χ0v) is 23.4. The van der Waals surface area contributed by atoms with Crippen LogP contribution in [0.3, 0.4) is 0 Å². The summed E-state index contributed by atoms with van der Waals surface area (Å²) in [6.45, 7) is 7.27. The van der Waals surface area contributed by atoms with Crippen molar-refractivity contribution in [1.82, 2.24) is 20.4 Å². The second kappa shape index (κ2) is 11.5. The van der Waals surface area contributed by atoms with Gasteiger partial charge in [0.25, 0.3) is 11.8 Å². The van der Waals surface area contributed by atoms with Crippen molar-refractivity contribution >= 4 is 23.5 Å². The van der Waals surface area contributed by atoms with Crippen LogP contribution in [0.2, 0.25) is 0 Å². The third-order valence-electron chi connectivity index (χ3n) is 7.73. The number of aliphatic hydroxyl groups is 1. The number of hydrogen-bond acceptors (Lipinski definition) is 6. The van der Waals surface area contributed by atoms with Gasteiger partial charge in [0.15, 0.2) is 0 Å². The van der Waals surface area contributed by atoms with Crippen molar-refractivity contribution in [2.24, 2.45) is 5.73 Å². The SMILES string of the molecule is CCc1ccc(C(CC)(NC(=O)c2cnn3c2N[C@@H](c2ccccc2)CC3(C)C)C(=O)N[C@@H](CO)C(N)=O)cc1. The van der Waals surface area contributed by atoms with E-state index in [0.29, 0.717) is 11.4 Å². The number of nitrogens with two attached hydrogens (primary N) is 1. The molecule has 0 aliphatic carbocycles. The molecule has 4 rings (SSSR count). The Labute approximate surface area is 234 Å². The number of amides is 3. The van der Waals surface area contributed by atoms with Gasteiger partial charge in [0.1, 0.15) is 23.0 Å². The topological polar surface area (TPSA) is 151 Å². The Kier molecular flexibility index (Phi) is 8.29. The fourth-order valence-electron chi connectivity index (χ4n) is 5.29. The third-order valence-corrected chi connectivity index (χ3v) is 7.73. The maximum absolute atomic E-state index is 14.0. The molecule has 3 aromatic rings. The first-order valence-corrected chi connectivity index (χ1v) is 13.6. The number of carbonyl (C=O) groups is 3. The molecule has 1 unspecified atom stereocenters. The number of benzene rings is 2. The molecule has 1 aromatic heterocycles. The summed E-state index contributed by atoms with van der Waals surface area (Å²) in [6, 6.07) is 16.0. The average molecular weight is 547 g/mol. The van der Waals surface area contributed by atoms with E-state index in [2.05, 4.69) is 34.9 Å². The third kappa shape index (κ3) is 5.44. The lowest BCUT2D eigenvalue weighted by Gasteiger charge is -2.38. The number of aliphatic hydroxyl groups excluding tert-OH is 1. The minimum absolute atomic E-state index is 0.0475. The Bertz CT molecular complexity index is 1370. The van der Waals surface area contributed by atoms with E-state index in [1.165, 1.54) is 6.20 Å². The van der Waals surface area contributed by atoms with Crippen LogP contribution in [0.1, 0.15) is 73.6 Å². The Balaban J connectivity index is 1.73. The van der Waals surface area contributed by atoms with Gasteiger partial charge in [-0.1, -0.05) is 68.4 Å². The number of carbonyl (C=O) groups excluding carboxylic acids is 3. The summed E-state index contributed by atoms with van der Waals surface area (Å²) in [5.74, 6) is -1.48. The van der Waals surface area contributed by atoms with E-state index in [-0.39, 0.29) is 23.6 Å². The largest absolute Gasteiger partial charge is 0.394 e. The van der Waals surface area contributed by atoms with Crippen LogP contribution in [0.15, 0.2) is 60.8 Å².